The van der Waals surface area contributed by atoms with Crippen molar-refractivity contribution in [2.75, 3.05) is 40.0 Å². The molecule has 0 atom stereocenters. The molecule has 0 radical (unpaired) electrons. The Hall–Kier alpha value is -0.0800. The zero-order valence-electron chi connectivity index (χ0n) is 15.6. The van der Waals surface area contributed by atoms with E-state index < -0.39 is 0 Å². The number of hydrogen-bond acceptors (Lipinski definition) is 3. The second-order valence-corrected chi connectivity index (χ2v) is 6.23. The first kappa shape index (κ1) is 23.9. The summed E-state index contributed by atoms with van der Waals surface area (Å²) in [5, 5.41) is 6.67. The number of ether oxygens (including phenoxy) is 2. The Balaban J connectivity index is 0.00000529. The summed E-state index contributed by atoms with van der Waals surface area (Å²) in [7, 11) is 1.73. The molecule has 0 aromatic rings. The van der Waals surface area contributed by atoms with Gasteiger partial charge in [0.2, 0.25) is 0 Å². The van der Waals surface area contributed by atoms with E-state index in [1.54, 1.807) is 7.11 Å². The Bertz CT molecular complexity index is 298. The number of nitrogens with one attached hydrogen (secondary N) is 2. The van der Waals surface area contributed by atoms with Crippen molar-refractivity contribution in [1.29, 1.82) is 0 Å². The zero-order chi connectivity index (χ0) is 16.6. The summed E-state index contributed by atoms with van der Waals surface area (Å²) in [6, 6.07) is 0. The highest BCUT2D eigenvalue weighted by atomic mass is 127. The van der Waals surface area contributed by atoms with Crippen LogP contribution in [-0.4, -0.2) is 52.0 Å². The number of aliphatic imine (C=N–C) groups is 1. The number of methoxy groups -OCH3 is 1. The Labute approximate surface area is 165 Å². The van der Waals surface area contributed by atoms with Crippen LogP contribution in [0.25, 0.3) is 0 Å². The lowest BCUT2D eigenvalue weighted by Gasteiger charge is -2.21. The van der Waals surface area contributed by atoms with Crippen LogP contribution in [0, 0.1) is 0 Å². The fourth-order valence-electron chi connectivity index (χ4n) is 2.83. The van der Waals surface area contributed by atoms with Gasteiger partial charge in [0.05, 0.1) is 6.10 Å². The van der Waals surface area contributed by atoms with Crippen LogP contribution in [0.5, 0.6) is 0 Å². The molecule has 0 bridgehead atoms. The molecule has 0 saturated heterocycles. The first-order chi connectivity index (χ1) is 11.4. The van der Waals surface area contributed by atoms with Gasteiger partial charge >= 0.3 is 0 Å². The molecule has 24 heavy (non-hydrogen) atoms. The average Bonchev–Trinajstić information content (AvgIpc) is 2.58. The molecular formula is C18H38IN3O2. The minimum atomic E-state index is 0. The highest BCUT2D eigenvalue weighted by molar-refractivity contribution is 14.0. The van der Waals surface area contributed by atoms with Gasteiger partial charge in [-0.05, 0) is 45.4 Å². The highest BCUT2D eigenvalue weighted by Gasteiger charge is 2.12. The molecular weight excluding hydrogens is 417 g/mol. The van der Waals surface area contributed by atoms with E-state index in [1.165, 1.54) is 44.9 Å². The largest absolute Gasteiger partial charge is 0.385 e. The second-order valence-electron chi connectivity index (χ2n) is 6.23. The van der Waals surface area contributed by atoms with Gasteiger partial charge in [0.1, 0.15) is 0 Å². The van der Waals surface area contributed by atoms with Crippen molar-refractivity contribution in [2.24, 2.45) is 4.99 Å². The Kier molecular flexibility index (Phi) is 17.7. The van der Waals surface area contributed by atoms with E-state index in [4.69, 9.17) is 9.47 Å². The summed E-state index contributed by atoms with van der Waals surface area (Å²) in [4.78, 5) is 4.54. The van der Waals surface area contributed by atoms with E-state index in [0.29, 0.717) is 6.10 Å². The van der Waals surface area contributed by atoms with E-state index in [0.717, 1.165) is 51.6 Å². The molecule has 1 aliphatic rings. The van der Waals surface area contributed by atoms with E-state index in [2.05, 4.69) is 22.5 Å². The van der Waals surface area contributed by atoms with Gasteiger partial charge < -0.3 is 20.1 Å². The molecule has 0 heterocycles. The maximum Gasteiger partial charge on any atom is 0.191 e. The Morgan fingerprint density at radius 3 is 2.50 bits per heavy atom. The van der Waals surface area contributed by atoms with Crippen molar-refractivity contribution >= 4 is 29.9 Å². The molecule has 1 fully saturated rings. The van der Waals surface area contributed by atoms with Crippen LogP contribution in [-0.2, 0) is 9.47 Å². The first-order valence-electron chi connectivity index (χ1n) is 9.49. The van der Waals surface area contributed by atoms with Gasteiger partial charge in [-0.3, -0.25) is 4.99 Å². The summed E-state index contributed by atoms with van der Waals surface area (Å²) >= 11 is 0. The van der Waals surface area contributed by atoms with Gasteiger partial charge in [-0.15, -0.1) is 24.0 Å². The second kappa shape index (κ2) is 17.7. The number of unbranched alkanes of at least 4 members (excludes halogenated alkanes) is 2. The Morgan fingerprint density at radius 2 is 1.79 bits per heavy atom. The van der Waals surface area contributed by atoms with Crippen molar-refractivity contribution in [1.82, 2.24) is 10.6 Å². The maximum atomic E-state index is 5.96. The fourth-order valence-corrected chi connectivity index (χ4v) is 2.83. The quantitative estimate of drug-likeness (QED) is 0.204. The van der Waals surface area contributed by atoms with Crippen LogP contribution in [0.3, 0.4) is 0 Å². The standard InChI is InChI=1S/C18H37N3O2.HI/c1-3-19-18(21-14-10-15-22-2)20-13-8-5-9-16-23-17-11-6-4-7-12-17;/h17H,3-16H2,1-2H3,(H2,19,20,21);1H. The smallest absolute Gasteiger partial charge is 0.191 e. The predicted molar refractivity (Wildman–Crippen MR) is 113 cm³/mol. The van der Waals surface area contributed by atoms with Crippen LogP contribution >= 0.6 is 24.0 Å². The summed E-state index contributed by atoms with van der Waals surface area (Å²) < 4.78 is 11.0. The van der Waals surface area contributed by atoms with Crippen LogP contribution in [0.15, 0.2) is 4.99 Å². The third kappa shape index (κ3) is 13.2. The number of rotatable bonds is 12. The fraction of sp³-hybridized carbons (Fsp3) is 0.944. The van der Waals surface area contributed by atoms with E-state index in [9.17, 15) is 0 Å². The zero-order valence-corrected chi connectivity index (χ0v) is 18.0. The predicted octanol–water partition coefficient (Wildman–Crippen LogP) is 3.72. The van der Waals surface area contributed by atoms with E-state index in [1.807, 2.05) is 0 Å². The van der Waals surface area contributed by atoms with Crippen molar-refractivity contribution in [3.63, 3.8) is 0 Å². The molecule has 1 saturated carbocycles. The molecule has 0 spiro atoms. The van der Waals surface area contributed by atoms with Crippen LogP contribution in [0.2, 0.25) is 0 Å². The molecule has 6 heteroatoms. The van der Waals surface area contributed by atoms with E-state index in [-0.39, 0.29) is 24.0 Å². The minimum absolute atomic E-state index is 0. The molecule has 0 unspecified atom stereocenters. The monoisotopic (exact) mass is 455 g/mol. The van der Waals surface area contributed by atoms with Crippen molar-refractivity contribution in [3.05, 3.63) is 0 Å². The van der Waals surface area contributed by atoms with Gasteiger partial charge in [-0.25, -0.2) is 0 Å². The summed E-state index contributed by atoms with van der Waals surface area (Å²) in [5.74, 6) is 0.919. The van der Waals surface area contributed by atoms with Gasteiger partial charge in [0, 0.05) is 40.0 Å². The molecule has 0 aromatic carbocycles. The number of hydrogen-bond donors (Lipinski definition) is 2. The molecule has 0 aliphatic heterocycles. The van der Waals surface area contributed by atoms with Crippen LogP contribution in [0.1, 0.15) is 64.7 Å². The molecule has 1 aliphatic carbocycles. The number of guanidine groups is 1. The molecule has 0 amide bonds. The van der Waals surface area contributed by atoms with Gasteiger partial charge in [0.25, 0.3) is 0 Å². The minimum Gasteiger partial charge on any atom is -0.385 e. The third-order valence-electron chi connectivity index (χ3n) is 4.14. The average molecular weight is 455 g/mol. The topological polar surface area (TPSA) is 54.9 Å². The summed E-state index contributed by atoms with van der Waals surface area (Å²) in [6.45, 7) is 6.46. The molecule has 0 aromatic heterocycles. The molecule has 1 rings (SSSR count). The third-order valence-corrected chi connectivity index (χ3v) is 4.14. The van der Waals surface area contributed by atoms with Gasteiger partial charge in [0.15, 0.2) is 5.96 Å². The Morgan fingerprint density at radius 1 is 1.00 bits per heavy atom. The molecule has 144 valence electrons. The van der Waals surface area contributed by atoms with Crippen LogP contribution < -0.4 is 10.6 Å². The van der Waals surface area contributed by atoms with Crippen LogP contribution in [0.4, 0.5) is 0 Å². The maximum absolute atomic E-state index is 5.96. The number of nitrogens with zero attached hydrogens (tertiary/aromatic N) is 1. The van der Waals surface area contributed by atoms with Crippen molar-refractivity contribution in [2.45, 2.75) is 70.8 Å². The molecule has 2 N–H and O–H groups in total. The lowest BCUT2D eigenvalue weighted by Crippen LogP contribution is -2.37. The summed E-state index contributed by atoms with van der Waals surface area (Å²) in [5.41, 5.74) is 0. The normalized spacial score (nSPS) is 15.8. The lowest BCUT2D eigenvalue weighted by molar-refractivity contribution is 0.0264. The first-order valence-corrected chi connectivity index (χ1v) is 9.49. The summed E-state index contributed by atoms with van der Waals surface area (Å²) in [6.07, 6.45) is 11.7. The number of halogens is 1. The van der Waals surface area contributed by atoms with Gasteiger partial charge in [-0.2, -0.15) is 0 Å². The van der Waals surface area contributed by atoms with Gasteiger partial charge in [-0.1, -0.05) is 19.3 Å². The van der Waals surface area contributed by atoms with Crippen molar-refractivity contribution in [3.8, 4) is 0 Å². The molecule has 5 nitrogen and oxygen atoms in total. The van der Waals surface area contributed by atoms with E-state index >= 15 is 0 Å². The SMILES string of the molecule is CCNC(=NCCCOC)NCCCCCOC1CCCCC1.I. The van der Waals surface area contributed by atoms with Crippen molar-refractivity contribution < 1.29 is 9.47 Å². The highest BCUT2D eigenvalue weighted by Crippen LogP contribution is 2.20. The lowest BCUT2D eigenvalue weighted by atomic mass is 9.98.